The summed E-state index contributed by atoms with van der Waals surface area (Å²) in [5.41, 5.74) is 0.327. The largest absolute Gasteiger partial charge is 0.465 e. The van der Waals surface area contributed by atoms with Crippen LogP contribution in [-0.4, -0.2) is 26.4 Å². The van der Waals surface area contributed by atoms with Crippen LogP contribution in [0, 0.1) is 10.1 Å². The van der Waals surface area contributed by atoms with Crippen molar-refractivity contribution in [1.82, 2.24) is 0 Å². The molecule has 0 aliphatic heterocycles. The van der Waals surface area contributed by atoms with Crippen LogP contribution in [0.25, 0.3) is 0 Å². The van der Waals surface area contributed by atoms with Gasteiger partial charge in [0.2, 0.25) is 0 Å². The Morgan fingerprint density at radius 2 is 1.65 bits per heavy atom. The Bertz CT molecular complexity index is 829. The number of rotatable bonds is 5. The molecule has 0 aliphatic carbocycles. The Kier molecular flexibility index (Phi) is 4.60. The predicted octanol–water partition coefficient (Wildman–Crippen LogP) is 2.18. The number of nitrogens with one attached hydrogen (secondary N) is 1. The van der Waals surface area contributed by atoms with E-state index < -0.39 is 20.9 Å². The van der Waals surface area contributed by atoms with Gasteiger partial charge in [-0.25, -0.2) is 13.2 Å². The molecule has 2 rings (SSSR count). The lowest BCUT2D eigenvalue weighted by Gasteiger charge is -2.08. The van der Waals surface area contributed by atoms with E-state index in [1.807, 2.05) is 0 Å². The quantitative estimate of drug-likeness (QED) is 0.508. The smallest absolute Gasteiger partial charge is 0.337 e. The standard InChI is InChI=1S/C14H12N2O6S/c1-22-14(17)10-2-4-11(5-3-10)15-23(20,21)13-8-6-12(7-9-13)16(18)19/h2-9,15H,1H3. The monoisotopic (exact) mass is 336 g/mol. The lowest BCUT2D eigenvalue weighted by molar-refractivity contribution is -0.384. The molecule has 0 amide bonds. The fourth-order valence-corrected chi connectivity index (χ4v) is 2.81. The van der Waals surface area contributed by atoms with Crippen molar-refractivity contribution in [1.29, 1.82) is 0 Å². The maximum absolute atomic E-state index is 12.2. The third-order valence-electron chi connectivity index (χ3n) is 2.92. The number of carbonyl (C=O) groups is 1. The highest BCUT2D eigenvalue weighted by molar-refractivity contribution is 7.92. The summed E-state index contributed by atoms with van der Waals surface area (Å²) in [6, 6.07) is 10.2. The number of methoxy groups -OCH3 is 1. The summed E-state index contributed by atoms with van der Waals surface area (Å²) in [5, 5.41) is 10.6. The van der Waals surface area contributed by atoms with Gasteiger partial charge in [0.25, 0.3) is 15.7 Å². The van der Waals surface area contributed by atoms with Crippen molar-refractivity contribution in [2.24, 2.45) is 0 Å². The first kappa shape index (κ1) is 16.4. The molecule has 2 aromatic carbocycles. The van der Waals surface area contributed by atoms with Gasteiger partial charge < -0.3 is 4.74 Å². The number of anilines is 1. The molecule has 0 atom stereocenters. The number of nitro groups is 1. The van der Waals surface area contributed by atoms with Crippen molar-refractivity contribution in [2.75, 3.05) is 11.8 Å². The van der Waals surface area contributed by atoms with E-state index in [2.05, 4.69) is 9.46 Å². The number of nitro benzene ring substituents is 1. The molecule has 0 unspecified atom stereocenters. The van der Waals surface area contributed by atoms with Gasteiger partial charge in [-0.05, 0) is 36.4 Å². The molecule has 9 heteroatoms. The molecule has 8 nitrogen and oxygen atoms in total. The maximum atomic E-state index is 12.2. The van der Waals surface area contributed by atoms with Crippen LogP contribution in [0.5, 0.6) is 0 Å². The van der Waals surface area contributed by atoms with Crippen LogP contribution in [0.4, 0.5) is 11.4 Å². The number of benzene rings is 2. The molecule has 0 fully saturated rings. The van der Waals surface area contributed by atoms with Gasteiger partial charge in [-0.3, -0.25) is 14.8 Å². The summed E-state index contributed by atoms with van der Waals surface area (Å²) >= 11 is 0. The minimum absolute atomic E-state index is 0.111. The van der Waals surface area contributed by atoms with E-state index in [0.29, 0.717) is 0 Å². The van der Waals surface area contributed by atoms with Gasteiger partial charge in [0, 0.05) is 17.8 Å². The normalized spacial score (nSPS) is 10.8. The third kappa shape index (κ3) is 3.83. The summed E-state index contributed by atoms with van der Waals surface area (Å²) in [5.74, 6) is -0.533. The second kappa shape index (κ2) is 6.44. The molecular formula is C14H12N2O6S. The van der Waals surface area contributed by atoms with Crippen molar-refractivity contribution < 1.29 is 22.9 Å². The van der Waals surface area contributed by atoms with Crippen molar-refractivity contribution >= 4 is 27.4 Å². The van der Waals surface area contributed by atoms with Crippen LogP contribution >= 0.6 is 0 Å². The highest BCUT2D eigenvalue weighted by atomic mass is 32.2. The summed E-state index contributed by atoms with van der Waals surface area (Å²) < 4.78 is 31.2. The highest BCUT2D eigenvalue weighted by Crippen LogP contribution is 2.19. The Labute approximate surface area is 131 Å². The van der Waals surface area contributed by atoms with E-state index in [1.54, 1.807) is 0 Å². The zero-order valence-corrected chi connectivity index (χ0v) is 12.7. The molecule has 0 saturated heterocycles. The number of non-ortho nitro benzene ring substituents is 1. The minimum atomic E-state index is -3.88. The first-order valence-electron chi connectivity index (χ1n) is 6.29. The SMILES string of the molecule is COC(=O)c1ccc(NS(=O)(=O)c2ccc([N+](=O)[O-])cc2)cc1. The van der Waals surface area contributed by atoms with E-state index in [9.17, 15) is 23.3 Å². The minimum Gasteiger partial charge on any atom is -0.465 e. The number of nitrogens with zero attached hydrogens (tertiary/aromatic N) is 1. The maximum Gasteiger partial charge on any atom is 0.337 e. The van der Waals surface area contributed by atoms with Gasteiger partial charge in [0.15, 0.2) is 0 Å². The Balaban J connectivity index is 2.20. The van der Waals surface area contributed by atoms with Crippen molar-refractivity contribution in [3.05, 3.63) is 64.2 Å². The molecule has 120 valence electrons. The number of carbonyl (C=O) groups excluding carboxylic acids is 1. The molecule has 0 saturated carbocycles. The second-order valence-electron chi connectivity index (χ2n) is 4.43. The molecule has 0 bridgehead atoms. The Morgan fingerprint density at radius 3 is 2.13 bits per heavy atom. The van der Waals surface area contributed by atoms with E-state index in [1.165, 1.54) is 31.4 Å². The molecule has 23 heavy (non-hydrogen) atoms. The van der Waals surface area contributed by atoms with Crippen LogP contribution in [0.15, 0.2) is 53.4 Å². The summed E-state index contributed by atoms with van der Waals surface area (Å²) in [7, 11) is -2.64. The lowest BCUT2D eigenvalue weighted by Crippen LogP contribution is -2.13. The number of hydrogen-bond acceptors (Lipinski definition) is 6. The van der Waals surface area contributed by atoms with Gasteiger partial charge in [0.05, 0.1) is 22.5 Å². The molecule has 0 spiro atoms. The number of esters is 1. The second-order valence-corrected chi connectivity index (χ2v) is 6.11. The van der Waals surface area contributed by atoms with Gasteiger partial charge >= 0.3 is 5.97 Å². The Hall–Kier alpha value is -2.94. The van der Waals surface area contributed by atoms with Gasteiger partial charge in [-0.15, -0.1) is 0 Å². The van der Waals surface area contributed by atoms with E-state index in [4.69, 9.17) is 0 Å². The van der Waals surface area contributed by atoms with E-state index in [0.717, 1.165) is 24.3 Å². The van der Waals surface area contributed by atoms with Crippen LogP contribution in [-0.2, 0) is 14.8 Å². The molecule has 1 N–H and O–H groups in total. The van der Waals surface area contributed by atoms with Gasteiger partial charge in [-0.2, -0.15) is 0 Å². The first-order valence-corrected chi connectivity index (χ1v) is 7.77. The average Bonchev–Trinajstić information content (AvgIpc) is 2.54. The fraction of sp³-hybridized carbons (Fsp3) is 0.0714. The van der Waals surface area contributed by atoms with Crippen molar-refractivity contribution in [3.63, 3.8) is 0 Å². The molecule has 0 aliphatic rings. The van der Waals surface area contributed by atoms with Crippen LogP contribution in [0.2, 0.25) is 0 Å². The number of ether oxygens (including phenoxy) is 1. The first-order chi connectivity index (χ1) is 10.8. The lowest BCUT2D eigenvalue weighted by atomic mass is 10.2. The Morgan fingerprint density at radius 1 is 1.09 bits per heavy atom. The predicted molar refractivity (Wildman–Crippen MR) is 81.7 cm³/mol. The van der Waals surface area contributed by atoms with Crippen LogP contribution < -0.4 is 4.72 Å². The van der Waals surface area contributed by atoms with Crippen molar-refractivity contribution in [3.8, 4) is 0 Å². The van der Waals surface area contributed by atoms with Crippen LogP contribution in [0.1, 0.15) is 10.4 Å². The number of hydrogen-bond donors (Lipinski definition) is 1. The molecule has 0 aromatic heterocycles. The molecule has 0 radical (unpaired) electrons. The summed E-state index contributed by atoms with van der Waals surface area (Å²) in [6.07, 6.45) is 0. The summed E-state index contributed by atoms with van der Waals surface area (Å²) in [6.45, 7) is 0. The summed E-state index contributed by atoms with van der Waals surface area (Å²) in [4.78, 5) is 21.1. The van der Waals surface area contributed by atoms with Crippen molar-refractivity contribution in [2.45, 2.75) is 4.90 Å². The van der Waals surface area contributed by atoms with E-state index >= 15 is 0 Å². The van der Waals surface area contributed by atoms with Gasteiger partial charge in [0.1, 0.15) is 0 Å². The molecule has 2 aromatic rings. The van der Waals surface area contributed by atoms with Crippen LogP contribution in [0.3, 0.4) is 0 Å². The third-order valence-corrected chi connectivity index (χ3v) is 4.31. The average molecular weight is 336 g/mol. The molecular weight excluding hydrogens is 324 g/mol. The topological polar surface area (TPSA) is 116 Å². The zero-order chi connectivity index (χ0) is 17.0. The van der Waals surface area contributed by atoms with Gasteiger partial charge in [-0.1, -0.05) is 0 Å². The zero-order valence-electron chi connectivity index (χ0n) is 11.9. The highest BCUT2D eigenvalue weighted by Gasteiger charge is 2.16. The van der Waals surface area contributed by atoms with E-state index in [-0.39, 0.29) is 21.8 Å². The number of sulfonamides is 1. The fourth-order valence-electron chi connectivity index (χ4n) is 1.75. The molecule has 0 heterocycles.